The predicted molar refractivity (Wildman–Crippen MR) is 78.9 cm³/mol. The molecule has 0 bridgehead atoms. The lowest BCUT2D eigenvalue weighted by molar-refractivity contribution is 0.199. The molecule has 1 aromatic carbocycles. The summed E-state index contributed by atoms with van der Waals surface area (Å²) in [5.74, 6) is 0.632. The topological polar surface area (TPSA) is 21.3 Å². The molecule has 0 saturated heterocycles. The van der Waals surface area contributed by atoms with Crippen LogP contribution in [0.4, 0.5) is 0 Å². The van der Waals surface area contributed by atoms with Gasteiger partial charge in [0.05, 0.1) is 5.02 Å². The van der Waals surface area contributed by atoms with E-state index in [4.69, 9.17) is 27.9 Å². The smallest absolute Gasteiger partial charge is 0.139 e. The van der Waals surface area contributed by atoms with Crippen molar-refractivity contribution >= 4 is 23.2 Å². The van der Waals surface area contributed by atoms with Crippen LogP contribution in [0, 0.1) is 0 Å². The van der Waals surface area contributed by atoms with Crippen molar-refractivity contribution in [3.05, 3.63) is 28.2 Å². The molecule has 0 fully saturated rings. The summed E-state index contributed by atoms with van der Waals surface area (Å²) < 4.78 is 5.79. The summed E-state index contributed by atoms with van der Waals surface area (Å²) in [6, 6.07) is 5.41. The number of benzene rings is 1. The van der Waals surface area contributed by atoms with E-state index in [1.807, 2.05) is 19.1 Å². The number of ether oxygens (including phenoxy) is 1. The largest absolute Gasteiger partial charge is 0.488 e. The van der Waals surface area contributed by atoms with Gasteiger partial charge in [0, 0.05) is 12.1 Å². The van der Waals surface area contributed by atoms with Gasteiger partial charge in [-0.05, 0) is 39.3 Å². The molecule has 1 aromatic rings. The van der Waals surface area contributed by atoms with Crippen molar-refractivity contribution in [3.8, 4) is 5.75 Å². The zero-order valence-corrected chi connectivity index (χ0v) is 12.9. The Morgan fingerprint density at radius 3 is 2.61 bits per heavy atom. The van der Waals surface area contributed by atoms with Crippen molar-refractivity contribution in [1.29, 1.82) is 0 Å². The van der Waals surface area contributed by atoms with Gasteiger partial charge < -0.3 is 10.1 Å². The zero-order valence-electron chi connectivity index (χ0n) is 11.4. The maximum atomic E-state index is 6.08. The Morgan fingerprint density at radius 1 is 1.33 bits per heavy atom. The zero-order chi connectivity index (χ0) is 13.8. The van der Waals surface area contributed by atoms with E-state index in [0.717, 1.165) is 13.0 Å². The van der Waals surface area contributed by atoms with Crippen LogP contribution in [0.1, 0.15) is 34.1 Å². The number of rotatable bonds is 6. The number of nitrogens with one attached hydrogen (secondary N) is 1. The highest BCUT2D eigenvalue weighted by Gasteiger charge is 2.16. The summed E-state index contributed by atoms with van der Waals surface area (Å²) >= 11 is 12.0. The van der Waals surface area contributed by atoms with Gasteiger partial charge in [0.2, 0.25) is 0 Å². The average molecular weight is 290 g/mol. The van der Waals surface area contributed by atoms with E-state index in [-0.39, 0.29) is 11.6 Å². The first-order valence-corrected chi connectivity index (χ1v) is 6.97. The molecular formula is C14H21Cl2NO. The molecule has 0 heterocycles. The molecule has 0 amide bonds. The third-order valence-corrected chi connectivity index (χ3v) is 3.80. The molecule has 2 nitrogen and oxygen atoms in total. The maximum absolute atomic E-state index is 6.08. The minimum Gasteiger partial charge on any atom is -0.488 e. The van der Waals surface area contributed by atoms with Crippen molar-refractivity contribution in [2.45, 2.75) is 45.8 Å². The van der Waals surface area contributed by atoms with Crippen LogP contribution in [0.3, 0.4) is 0 Å². The second kappa shape index (κ2) is 6.65. The highest BCUT2D eigenvalue weighted by molar-refractivity contribution is 6.42. The molecule has 1 atom stereocenters. The molecule has 1 N–H and O–H groups in total. The fourth-order valence-electron chi connectivity index (χ4n) is 1.38. The van der Waals surface area contributed by atoms with Crippen molar-refractivity contribution in [1.82, 2.24) is 5.32 Å². The highest BCUT2D eigenvalue weighted by atomic mass is 35.5. The number of halogens is 2. The Kier molecular flexibility index (Phi) is 5.77. The Hall–Kier alpha value is -0.440. The van der Waals surface area contributed by atoms with Crippen LogP contribution in [0.5, 0.6) is 5.75 Å². The van der Waals surface area contributed by atoms with E-state index in [1.165, 1.54) is 0 Å². The molecule has 1 rings (SSSR count). The number of hydrogen-bond donors (Lipinski definition) is 1. The van der Waals surface area contributed by atoms with Crippen molar-refractivity contribution in [3.63, 3.8) is 0 Å². The summed E-state index contributed by atoms with van der Waals surface area (Å²) in [7, 11) is 0. The van der Waals surface area contributed by atoms with Gasteiger partial charge in [-0.1, -0.05) is 36.2 Å². The van der Waals surface area contributed by atoms with Crippen LogP contribution >= 0.6 is 23.2 Å². The monoisotopic (exact) mass is 289 g/mol. The second-order valence-corrected chi connectivity index (χ2v) is 5.88. The SMILES string of the molecule is CCC(C)(C)NCC(C)Oc1cccc(Cl)c1Cl. The minimum absolute atomic E-state index is 0.0341. The van der Waals surface area contributed by atoms with Gasteiger partial charge >= 0.3 is 0 Å². The molecule has 0 spiro atoms. The second-order valence-electron chi connectivity index (χ2n) is 5.10. The molecule has 0 aliphatic carbocycles. The Labute approximate surface area is 120 Å². The van der Waals surface area contributed by atoms with Crippen molar-refractivity contribution in [2.75, 3.05) is 6.54 Å². The van der Waals surface area contributed by atoms with Crippen LogP contribution in [-0.4, -0.2) is 18.2 Å². The van der Waals surface area contributed by atoms with E-state index >= 15 is 0 Å². The lowest BCUT2D eigenvalue weighted by atomic mass is 10.0. The van der Waals surface area contributed by atoms with Crippen molar-refractivity contribution in [2.24, 2.45) is 0 Å². The average Bonchev–Trinajstić information content (AvgIpc) is 2.33. The number of hydrogen-bond acceptors (Lipinski definition) is 2. The standard InChI is InChI=1S/C14H21Cl2NO/c1-5-14(3,4)17-9-10(2)18-12-8-6-7-11(15)13(12)16/h6-8,10,17H,5,9H2,1-4H3. The van der Waals surface area contributed by atoms with Gasteiger partial charge in [-0.2, -0.15) is 0 Å². The summed E-state index contributed by atoms with van der Waals surface area (Å²) in [5.41, 5.74) is 0.121. The minimum atomic E-state index is 0.0341. The third kappa shape index (κ3) is 4.68. The maximum Gasteiger partial charge on any atom is 0.139 e. The Morgan fingerprint density at radius 2 is 2.00 bits per heavy atom. The Bertz CT molecular complexity index is 393. The molecule has 4 heteroatoms. The molecule has 1 unspecified atom stereocenters. The van der Waals surface area contributed by atoms with Gasteiger partial charge in [-0.3, -0.25) is 0 Å². The Balaban J connectivity index is 2.55. The first kappa shape index (κ1) is 15.6. The highest BCUT2D eigenvalue weighted by Crippen LogP contribution is 2.32. The van der Waals surface area contributed by atoms with Crippen LogP contribution in [0.15, 0.2) is 18.2 Å². The molecular weight excluding hydrogens is 269 g/mol. The van der Waals surface area contributed by atoms with Crippen LogP contribution in [0.25, 0.3) is 0 Å². The predicted octanol–water partition coefficient (Wildman–Crippen LogP) is 4.54. The van der Waals surface area contributed by atoms with E-state index in [0.29, 0.717) is 15.8 Å². The van der Waals surface area contributed by atoms with Crippen LogP contribution in [-0.2, 0) is 0 Å². The fourth-order valence-corrected chi connectivity index (χ4v) is 1.71. The van der Waals surface area contributed by atoms with Gasteiger partial charge in [0.15, 0.2) is 0 Å². The summed E-state index contributed by atoms with van der Waals surface area (Å²) in [6.07, 6.45) is 1.10. The lowest BCUT2D eigenvalue weighted by Gasteiger charge is -2.27. The molecule has 0 aromatic heterocycles. The third-order valence-electron chi connectivity index (χ3n) is 3.00. The summed E-state index contributed by atoms with van der Waals surface area (Å²) in [6.45, 7) is 9.28. The first-order chi connectivity index (χ1) is 8.35. The van der Waals surface area contributed by atoms with Gasteiger partial charge in [0.1, 0.15) is 16.9 Å². The lowest BCUT2D eigenvalue weighted by Crippen LogP contribution is -2.43. The van der Waals surface area contributed by atoms with E-state index < -0.39 is 0 Å². The first-order valence-electron chi connectivity index (χ1n) is 6.21. The van der Waals surface area contributed by atoms with Crippen LogP contribution in [0.2, 0.25) is 10.0 Å². The van der Waals surface area contributed by atoms with E-state index in [9.17, 15) is 0 Å². The van der Waals surface area contributed by atoms with E-state index in [1.54, 1.807) is 6.07 Å². The fraction of sp³-hybridized carbons (Fsp3) is 0.571. The summed E-state index contributed by atoms with van der Waals surface area (Å²) in [4.78, 5) is 0. The van der Waals surface area contributed by atoms with Crippen molar-refractivity contribution < 1.29 is 4.74 Å². The molecule has 102 valence electrons. The molecule has 0 radical (unpaired) electrons. The normalized spacial score (nSPS) is 13.4. The van der Waals surface area contributed by atoms with Gasteiger partial charge in [0.25, 0.3) is 0 Å². The van der Waals surface area contributed by atoms with E-state index in [2.05, 4.69) is 26.1 Å². The molecule has 0 aliphatic heterocycles. The molecule has 0 aliphatic rings. The van der Waals surface area contributed by atoms with Crippen LogP contribution < -0.4 is 10.1 Å². The molecule has 18 heavy (non-hydrogen) atoms. The molecule has 0 saturated carbocycles. The van der Waals surface area contributed by atoms with Gasteiger partial charge in [-0.15, -0.1) is 0 Å². The quantitative estimate of drug-likeness (QED) is 0.830. The summed E-state index contributed by atoms with van der Waals surface area (Å²) in [5, 5.41) is 4.45. The van der Waals surface area contributed by atoms with Gasteiger partial charge in [-0.25, -0.2) is 0 Å².